The van der Waals surface area contributed by atoms with E-state index in [1.807, 2.05) is 12.1 Å². The summed E-state index contributed by atoms with van der Waals surface area (Å²) >= 11 is 0. The maximum Gasteiger partial charge on any atom is 0.195 e. The molecule has 0 fully saturated rings. The number of benzene rings is 4. The number of carbonyl (C=O) groups excluding carboxylic acids is 3. The number of Topliss-reactive ketones (excluding diaryl/α,β-unsaturated/α-hetero) is 1. The van der Waals surface area contributed by atoms with Crippen LogP contribution in [0.2, 0.25) is 0 Å². The van der Waals surface area contributed by atoms with E-state index in [1.165, 1.54) is 0 Å². The second kappa shape index (κ2) is 12.3. The summed E-state index contributed by atoms with van der Waals surface area (Å²) in [6.45, 7) is 0. The molecule has 0 aromatic heterocycles. The molecule has 0 radical (unpaired) electrons. The lowest BCUT2D eigenvalue weighted by molar-refractivity contribution is 0.0747. The summed E-state index contributed by atoms with van der Waals surface area (Å²) < 4.78 is 4.25. The largest absolute Gasteiger partial charge is 0.388 e. The summed E-state index contributed by atoms with van der Waals surface area (Å²) in [6.07, 6.45) is -1.08. The third-order valence-electron chi connectivity index (χ3n) is 5.25. The molecule has 0 spiro atoms. The highest BCUT2D eigenvalue weighted by Gasteiger charge is 2.28. The normalized spacial score (nSPS) is 12.1. The smallest absolute Gasteiger partial charge is 0.195 e. The van der Waals surface area contributed by atoms with E-state index in [2.05, 4.69) is 4.74 Å². The molecule has 5 heteroatoms. The summed E-state index contributed by atoms with van der Waals surface area (Å²) in [4.78, 5) is 36.1. The molecule has 0 amide bonds. The Morgan fingerprint density at radius 1 is 0.600 bits per heavy atom. The average molecular weight is 467 g/mol. The Balaban J connectivity index is 0.000000176. The zero-order valence-corrected chi connectivity index (χ0v) is 19.5. The fraction of sp³-hybridized carbons (Fsp3) is 0.100. The van der Waals surface area contributed by atoms with Crippen LogP contribution in [0.5, 0.6) is 0 Å². The fourth-order valence-corrected chi connectivity index (χ4v) is 3.60. The van der Waals surface area contributed by atoms with Crippen LogP contribution in [0.1, 0.15) is 53.9 Å². The van der Waals surface area contributed by atoms with E-state index in [-0.39, 0.29) is 17.3 Å². The van der Waals surface area contributed by atoms with Crippen LogP contribution in [0.3, 0.4) is 0 Å². The Kier molecular flexibility index (Phi) is 8.95. The number of rotatable bonds is 3. The molecule has 1 unspecified atom stereocenters. The van der Waals surface area contributed by atoms with Crippen LogP contribution in [0.25, 0.3) is 0 Å². The maximum absolute atomic E-state index is 12.1. The number of hydrogen-bond acceptors (Lipinski definition) is 5. The Hall–Kier alpha value is -4.19. The molecule has 0 saturated heterocycles. The molecule has 35 heavy (non-hydrogen) atoms. The number of carbonyl (C=O) groups is 3. The van der Waals surface area contributed by atoms with E-state index < -0.39 is 6.10 Å². The van der Waals surface area contributed by atoms with Crippen LogP contribution in [-0.2, 0) is 4.74 Å². The number of fused-ring (bicyclic) bond motifs is 2. The highest BCUT2D eigenvalue weighted by molar-refractivity contribution is 6.28. The molecule has 1 atom stereocenters. The fourth-order valence-electron chi connectivity index (χ4n) is 3.60. The van der Waals surface area contributed by atoms with Crippen molar-refractivity contribution < 1.29 is 24.2 Å². The first-order valence-corrected chi connectivity index (χ1v) is 11.0. The molecule has 1 aliphatic rings. The van der Waals surface area contributed by atoms with Gasteiger partial charge in [0, 0.05) is 42.0 Å². The van der Waals surface area contributed by atoms with Crippen molar-refractivity contribution >= 4 is 17.3 Å². The van der Waals surface area contributed by atoms with Crippen molar-refractivity contribution in [3.8, 4) is 0 Å². The van der Waals surface area contributed by atoms with Gasteiger partial charge >= 0.3 is 0 Å². The number of methoxy groups -OCH3 is 1. The number of ketones is 3. The molecule has 0 heterocycles. The summed E-state index contributed by atoms with van der Waals surface area (Å²) in [6, 6.07) is 31.7. The van der Waals surface area contributed by atoms with Gasteiger partial charge < -0.3 is 9.84 Å². The van der Waals surface area contributed by atoms with Gasteiger partial charge in [0.25, 0.3) is 0 Å². The minimum Gasteiger partial charge on any atom is -0.388 e. The van der Waals surface area contributed by atoms with Crippen molar-refractivity contribution in [1.29, 1.82) is 0 Å². The van der Waals surface area contributed by atoms with Gasteiger partial charge in [-0.25, -0.2) is 0 Å². The molecule has 0 saturated carbocycles. The van der Waals surface area contributed by atoms with E-state index in [1.54, 1.807) is 111 Å². The van der Waals surface area contributed by atoms with Crippen LogP contribution in [0, 0.1) is 0 Å². The Morgan fingerprint density at radius 2 is 0.914 bits per heavy atom. The molecule has 0 bridgehead atoms. The van der Waals surface area contributed by atoms with Crippen molar-refractivity contribution in [2.45, 2.75) is 6.10 Å². The topological polar surface area (TPSA) is 80.7 Å². The summed E-state index contributed by atoms with van der Waals surface area (Å²) in [5.41, 5.74) is 3.17. The monoisotopic (exact) mass is 466 g/mol. The lowest BCUT2D eigenvalue weighted by atomic mass is 9.84. The van der Waals surface area contributed by atoms with Gasteiger partial charge in [0.05, 0.1) is 0 Å². The molecule has 1 aliphatic carbocycles. The minimum atomic E-state index is -1.08. The Bertz CT molecular complexity index is 1190. The molecule has 1 N–H and O–H groups in total. The molecular formula is C30H26O5. The van der Waals surface area contributed by atoms with Crippen LogP contribution < -0.4 is 0 Å². The minimum absolute atomic E-state index is 0.0641. The number of ether oxygens (including phenoxy) is 1. The molecule has 4 aromatic rings. The zero-order valence-electron chi connectivity index (χ0n) is 19.5. The van der Waals surface area contributed by atoms with Crippen LogP contribution in [-0.4, -0.2) is 36.7 Å². The molecule has 5 nitrogen and oxygen atoms in total. The maximum atomic E-state index is 12.1. The van der Waals surface area contributed by atoms with Crippen molar-refractivity contribution in [3.05, 3.63) is 143 Å². The van der Waals surface area contributed by atoms with E-state index in [9.17, 15) is 19.5 Å². The van der Waals surface area contributed by atoms with Crippen molar-refractivity contribution in [2.24, 2.45) is 0 Å². The zero-order chi connectivity index (χ0) is 25.2. The van der Waals surface area contributed by atoms with Gasteiger partial charge in [0.2, 0.25) is 0 Å². The van der Waals surface area contributed by atoms with Gasteiger partial charge in [-0.1, -0.05) is 109 Å². The molecule has 5 rings (SSSR count). The first-order valence-electron chi connectivity index (χ1n) is 11.0. The summed E-state index contributed by atoms with van der Waals surface area (Å²) in [7, 11) is 3.25. The first kappa shape index (κ1) is 25.4. The van der Waals surface area contributed by atoms with Crippen molar-refractivity contribution in [2.75, 3.05) is 14.2 Å². The molecule has 0 aliphatic heterocycles. The SMILES string of the molecule is COC.O=C(c1ccccc1)C(O)c1ccccc1.O=C1c2ccccc2C(=O)c2ccccc21. The van der Waals surface area contributed by atoms with Crippen molar-refractivity contribution in [3.63, 3.8) is 0 Å². The summed E-state index contributed by atoms with van der Waals surface area (Å²) in [5.74, 6) is -0.400. The Labute approximate surface area is 204 Å². The lowest BCUT2D eigenvalue weighted by Crippen LogP contribution is -2.20. The van der Waals surface area contributed by atoms with Gasteiger partial charge in [0.15, 0.2) is 17.3 Å². The van der Waals surface area contributed by atoms with Gasteiger partial charge in [-0.2, -0.15) is 0 Å². The van der Waals surface area contributed by atoms with Crippen LogP contribution in [0.4, 0.5) is 0 Å². The highest BCUT2D eigenvalue weighted by atomic mass is 16.4. The lowest BCUT2D eigenvalue weighted by Gasteiger charge is -2.16. The van der Waals surface area contributed by atoms with Gasteiger partial charge in [0.1, 0.15) is 6.10 Å². The van der Waals surface area contributed by atoms with E-state index >= 15 is 0 Å². The second-order valence-electron chi connectivity index (χ2n) is 7.70. The number of aliphatic hydroxyl groups is 1. The third-order valence-corrected chi connectivity index (χ3v) is 5.25. The first-order chi connectivity index (χ1) is 17.0. The standard InChI is InChI=1S/C14H8O2.C14H12O2.C2H6O/c15-13-9-5-1-2-6-10(9)14(16)12-8-4-3-7-11(12)13;15-13(11-7-3-1-4-8-11)14(16)12-9-5-2-6-10-12;1-3-2/h1-8H;1-10,13,15H;1-2H3. The quantitative estimate of drug-likeness (QED) is 0.364. The van der Waals surface area contributed by atoms with E-state index in [0.717, 1.165) is 0 Å². The molecular weight excluding hydrogens is 440 g/mol. The predicted octanol–water partition coefficient (Wildman–Crippen LogP) is 5.33. The van der Waals surface area contributed by atoms with Gasteiger partial charge in [-0.15, -0.1) is 0 Å². The van der Waals surface area contributed by atoms with Crippen LogP contribution >= 0.6 is 0 Å². The Morgan fingerprint density at radius 3 is 1.29 bits per heavy atom. The van der Waals surface area contributed by atoms with Crippen molar-refractivity contribution in [1.82, 2.24) is 0 Å². The number of aliphatic hydroxyl groups excluding tert-OH is 1. The predicted molar refractivity (Wildman–Crippen MR) is 135 cm³/mol. The van der Waals surface area contributed by atoms with Gasteiger partial charge in [-0.3, -0.25) is 14.4 Å². The van der Waals surface area contributed by atoms with E-state index in [0.29, 0.717) is 33.4 Å². The summed E-state index contributed by atoms with van der Waals surface area (Å²) in [5, 5.41) is 9.89. The third kappa shape index (κ3) is 6.03. The van der Waals surface area contributed by atoms with E-state index in [4.69, 9.17) is 0 Å². The highest BCUT2D eigenvalue weighted by Crippen LogP contribution is 2.26. The van der Waals surface area contributed by atoms with Crippen LogP contribution in [0.15, 0.2) is 109 Å². The number of hydrogen-bond donors (Lipinski definition) is 1. The second-order valence-corrected chi connectivity index (χ2v) is 7.70. The molecule has 176 valence electrons. The molecule has 4 aromatic carbocycles. The average Bonchev–Trinajstić information content (AvgIpc) is 2.93. The van der Waals surface area contributed by atoms with Gasteiger partial charge in [-0.05, 0) is 5.56 Å².